The van der Waals surface area contributed by atoms with Gasteiger partial charge in [0.1, 0.15) is 6.10 Å². The van der Waals surface area contributed by atoms with Crippen LogP contribution in [0.5, 0.6) is 0 Å². The van der Waals surface area contributed by atoms with Gasteiger partial charge < -0.3 is 9.84 Å². The molecule has 1 atom stereocenters. The van der Waals surface area contributed by atoms with E-state index in [1.54, 1.807) is 0 Å². The number of carbonyl (C=O) groups is 1. The van der Waals surface area contributed by atoms with E-state index in [0.717, 1.165) is 49.7 Å². The third-order valence-corrected chi connectivity index (χ3v) is 4.55. The number of hydrogen-bond donors (Lipinski definition) is 1. The van der Waals surface area contributed by atoms with E-state index in [1.807, 2.05) is 30.3 Å². The Hall–Kier alpha value is -2.29. The summed E-state index contributed by atoms with van der Waals surface area (Å²) in [5, 5.41) is 9.05. The van der Waals surface area contributed by atoms with Crippen LogP contribution in [0.4, 0.5) is 4.79 Å². The van der Waals surface area contributed by atoms with Crippen LogP contribution in [-0.2, 0) is 17.6 Å². The molecule has 0 aliphatic heterocycles. The summed E-state index contributed by atoms with van der Waals surface area (Å²) >= 11 is 0. The second-order valence-electron chi connectivity index (χ2n) is 6.36. The molecule has 0 aromatic heterocycles. The van der Waals surface area contributed by atoms with Gasteiger partial charge in [0.2, 0.25) is 0 Å². The molecule has 1 unspecified atom stereocenters. The summed E-state index contributed by atoms with van der Waals surface area (Å²) in [4.78, 5) is 11.1. The number of aryl methyl sites for hydroxylation is 2. The Labute approximate surface area is 150 Å². The van der Waals surface area contributed by atoms with E-state index in [-0.39, 0.29) is 6.10 Å². The first-order chi connectivity index (χ1) is 12.2. The second-order valence-corrected chi connectivity index (χ2v) is 6.36. The molecule has 0 amide bonds. The third kappa shape index (κ3) is 6.61. The van der Waals surface area contributed by atoms with Crippen LogP contribution in [0.2, 0.25) is 0 Å². The molecule has 2 aromatic carbocycles. The summed E-state index contributed by atoms with van der Waals surface area (Å²) in [6.45, 7) is 2.08. The minimum absolute atomic E-state index is 0.359. The highest BCUT2D eigenvalue weighted by molar-refractivity contribution is 5.57. The van der Waals surface area contributed by atoms with Crippen molar-refractivity contribution in [2.75, 3.05) is 0 Å². The molecule has 2 aromatic rings. The van der Waals surface area contributed by atoms with Crippen LogP contribution in [0.1, 0.15) is 61.8 Å². The van der Waals surface area contributed by atoms with Crippen molar-refractivity contribution in [1.82, 2.24) is 0 Å². The van der Waals surface area contributed by atoms with Gasteiger partial charge in [-0.1, -0.05) is 74.4 Å². The van der Waals surface area contributed by atoms with Gasteiger partial charge in [0.15, 0.2) is 0 Å². The van der Waals surface area contributed by atoms with Gasteiger partial charge in [-0.25, -0.2) is 4.79 Å². The highest BCUT2D eigenvalue weighted by Crippen LogP contribution is 2.27. The molecule has 0 heterocycles. The summed E-state index contributed by atoms with van der Waals surface area (Å²) in [5.74, 6) is 0. The van der Waals surface area contributed by atoms with Crippen molar-refractivity contribution in [3.05, 3.63) is 71.3 Å². The zero-order valence-electron chi connectivity index (χ0n) is 15.0. The van der Waals surface area contributed by atoms with Gasteiger partial charge in [0.25, 0.3) is 0 Å². The lowest BCUT2D eigenvalue weighted by molar-refractivity contribution is 0.0461. The smallest absolute Gasteiger partial charge is 0.450 e. The molecule has 0 saturated carbocycles. The number of unbranched alkanes of at least 4 members (excludes halogenated alkanes) is 3. The molecule has 0 aliphatic carbocycles. The van der Waals surface area contributed by atoms with Crippen molar-refractivity contribution in [2.24, 2.45) is 0 Å². The van der Waals surface area contributed by atoms with Crippen LogP contribution in [-0.4, -0.2) is 11.3 Å². The van der Waals surface area contributed by atoms with E-state index >= 15 is 0 Å². The molecule has 1 N–H and O–H groups in total. The molecule has 0 bridgehead atoms. The number of hydrogen-bond acceptors (Lipinski definition) is 2. The van der Waals surface area contributed by atoms with Gasteiger partial charge in [0.05, 0.1) is 0 Å². The second kappa shape index (κ2) is 10.5. The van der Waals surface area contributed by atoms with Crippen molar-refractivity contribution >= 4 is 6.16 Å². The molecule has 0 aliphatic rings. The Balaban J connectivity index is 1.79. The molecule has 0 fully saturated rings. The van der Waals surface area contributed by atoms with Crippen molar-refractivity contribution in [3.8, 4) is 0 Å². The standard InChI is InChI=1S/C22H28O3/c1-2-19-15-10-11-16-20(19)21(25-22(23)24)17-9-4-3-6-12-18-13-7-5-8-14-18/h5,7-8,10-11,13-16,21H,2-4,6,9,12,17H2,1H3,(H,23,24). The van der Waals surface area contributed by atoms with E-state index in [4.69, 9.17) is 9.84 Å². The van der Waals surface area contributed by atoms with E-state index < -0.39 is 6.16 Å². The predicted octanol–water partition coefficient (Wildman–Crippen LogP) is 6.18. The lowest BCUT2D eigenvalue weighted by Gasteiger charge is -2.19. The van der Waals surface area contributed by atoms with Gasteiger partial charge in [-0.05, 0) is 48.8 Å². The fourth-order valence-electron chi connectivity index (χ4n) is 3.23. The first-order valence-electron chi connectivity index (χ1n) is 9.22. The van der Waals surface area contributed by atoms with Crippen LogP contribution in [0, 0.1) is 0 Å². The topological polar surface area (TPSA) is 46.5 Å². The number of benzene rings is 2. The van der Waals surface area contributed by atoms with Crippen LogP contribution in [0.3, 0.4) is 0 Å². The van der Waals surface area contributed by atoms with E-state index in [0.29, 0.717) is 0 Å². The lowest BCUT2D eigenvalue weighted by atomic mass is 9.96. The average Bonchev–Trinajstić information content (AvgIpc) is 2.64. The zero-order valence-corrected chi connectivity index (χ0v) is 15.0. The Morgan fingerprint density at radius 1 is 0.960 bits per heavy atom. The molecule has 3 nitrogen and oxygen atoms in total. The summed E-state index contributed by atoms with van der Waals surface area (Å²) in [6, 6.07) is 18.5. The van der Waals surface area contributed by atoms with Crippen molar-refractivity contribution < 1.29 is 14.6 Å². The predicted molar refractivity (Wildman–Crippen MR) is 101 cm³/mol. The number of carboxylic acid groups (broad SMARTS) is 1. The van der Waals surface area contributed by atoms with Crippen molar-refractivity contribution in [1.29, 1.82) is 0 Å². The van der Waals surface area contributed by atoms with Crippen molar-refractivity contribution in [3.63, 3.8) is 0 Å². The fourth-order valence-corrected chi connectivity index (χ4v) is 3.23. The molecule has 0 saturated heterocycles. The Morgan fingerprint density at radius 2 is 1.64 bits per heavy atom. The fraction of sp³-hybridized carbons (Fsp3) is 0.409. The SMILES string of the molecule is CCc1ccccc1C(CCCCCCc1ccccc1)OC(=O)O. The highest BCUT2D eigenvalue weighted by Gasteiger charge is 2.18. The largest absolute Gasteiger partial charge is 0.506 e. The van der Waals surface area contributed by atoms with Gasteiger partial charge in [-0.15, -0.1) is 0 Å². The maximum Gasteiger partial charge on any atom is 0.506 e. The van der Waals surface area contributed by atoms with Gasteiger partial charge in [-0.2, -0.15) is 0 Å². The van der Waals surface area contributed by atoms with Crippen LogP contribution in [0.15, 0.2) is 54.6 Å². The normalized spacial score (nSPS) is 11.9. The minimum atomic E-state index is -1.19. The molecule has 2 rings (SSSR count). The van der Waals surface area contributed by atoms with Gasteiger partial charge in [-0.3, -0.25) is 0 Å². The van der Waals surface area contributed by atoms with E-state index in [1.165, 1.54) is 12.0 Å². The summed E-state index contributed by atoms with van der Waals surface area (Å²) in [6.07, 6.45) is 5.58. The first kappa shape index (κ1) is 19.0. The monoisotopic (exact) mass is 340 g/mol. The molecule has 3 heteroatoms. The molecule has 134 valence electrons. The van der Waals surface area contributed by atoms with Crippen LogP contribution in [0.25, 0.3) is 0 Å². The Kier molecular flexibility index (Phi) is 8.03. The number of ether oxygens (including phenoxy) is 1. The highest BCUT2D eigenvalue weighted by atomic mass is 16.7. The Morgan fingerprint density at radius 3 is 2.36 bits per heavy atom. The lowest BCUT2D eigenvalue weighted by Crippen LogP contribution is -2.11. The van der Waals surface area contributed by atoms with Crippen molar-refractivity contribution in [2.45, 2.75) is 58.0 Å². The molecule has 0 radical (unpaired) electrons. The Bertz CT molecular complexity index is 637. The average molecular weight is 340 g/mol. The summed E-state index contributed by atoms with van der Waals surface area (Å²) < 4.78 is 5.17. The minimum Gasteiger partial charge on any atom is -0.450 e. The summed E-state index contributed by atoms with van der Waals surface area (Å²) in [7, 11) is 0. The zero-order chi connectivity index (χ0) is 17.9. The summed E-state index contributed by atoms with van der Waals surface area (Å²) in [5.41, 5.74) is 3.56. The number of rotatable bonds is 10. The maximum absolute atomic E-state index is 11.1. The molecule has 25 heavy (non-hydrogen) atoms. The van der Waals surface area contributed by atoms with Gasteiger partial charge >= 0.3 is 6.16 Å². The molecular weight excluding hydrogens is 312 g/mol. The van der Waals surface area contributed by atoms with E-state index in [2.05, 4.69) is 31.2 Å². The maximum atomic E-state index is 11.1. The molecule has 0 spiro atoms. The van der Waals surface area contributed by atoms with Crippen LogP contribution < -0.4 is 0 Å². The molecular formula is C22H28O3. The quantitative estimate of drug-likeness (QED) is 0.415. The van der Waals surface area contributed by atoms with Crippen LogP contribution >= 0.6 is 0 Å². The first-order valence-corrected chi connectivity index (χ1v) is 9.22. The third-order valence-electron chi connectivity index (χ3n) is 4.55. The van der Waals surface area contributed by atoms with E-state index in [9.17, 15) is 4.79 Å². The van der Waals surface area contributed by atoms with Gasteiger partial charge in [0, 0.05) is 0 Å².